The lowest BCUT2D eigenvalue weighted by Crippen LogP contribution is -2.46. The van der Waals surface area contributed by atoms with Crippen molar-refractivity contribution in [2.75, 3.05) is 6.54 Å². The Morgan fingerprint density at radius 3 is 2.00 bits per heavy atom. The highest BCUT2D eigenvalue weighted by atomic mass is 16.5. The quantitative estimate of drug-likeness (QED) is 0.340. The molecule has 7 nitrogen and oxygen atoms in total. The van der Waals surface area contributed by atoms with E-state index in [1.54, 1.807) is 6.92 Å². The predicted octanol–water partition coefficient (Wildman–Crippen LogP) is 3.60. The zero-order chi connectivity index (χ0) is 24.0. The van der Waals surface area contributed by atoms with Crippen LogP contribution in [0.1, 0.15) is 81.1 Å². The van der Waals surface area contributed by atoms with Crippen LogP contribution in [-0.4, -0.2) is 42.3 Å². The van der Waals surface area contributed by atoms with Gasteiger partial charge in [-0.1, -0.05) is 33.8 Å². The number of hydrogen-bond donors (Lipinski definition) is 3. The summed E-state index contributed by atoms with van der Waals surface area (Å²) in [7, 11) is 0. The Kier molecular flexibility index (Phi) is 14.3. The Bertz CT molecular complexity index is 639. The lowest BCUT2D eigenvalue weighted by Gasteiger charge is -2.27. The van der Waals surface area contributed by atoms with Crippen LogP contribution < -0.4 is 16.0 Å². The smallest absolute Gasteiger partial charge is 0.239 e. The van der Waals surface area contributed by atoms with Crippen molar-refractivity contribution in [1.82, 2.24) is 16.0 Å². The van der Waals surface area contributed by atoms with E-state index in [0.29, 0.717) is 18.6 Å². The molecular formula is C24H43N3O4. The van der Waals surface area contributed by atoms with E-state index in [4.69, 9.17) is 4.74 Å². The Morgan fingerprint density at radius 1 is 0.935 bits per heavy atom. The third-order valence-electron chi connectivity index (χ3n) is 4.48. The Balaban J connectivity index is 5.34. The average Bonchev–Trinajstić information content (AvgIpc) is 2.65. The molecule has 0 saturated heterocycles. The van der Waals surface area contributed by atoms with Crippen LogP contribution in [0.5, 0.6) is 0 Å². The molecule has 0 aromatic heterocycles. The number of allylic oxidation sites excluding steroid dienone is 2. The fourth-order valence-electron chi connectivity index (χ4n) is 3.16. The van der Waals surface area contributed by atoms with Crippen molar-refractivity contribution in [3.05, 3.63) is 23.6 Å². The number of carbonyl (C=O) groups excluding carboxylic acids is 3. The fourth-order valence-corrected chi connectivity index (χ4v) is 3.16. The van der Waals surface area contributed by atoms with Gasteiger partial charge in [0, 0.05) is 19.0 Å². The van der Waals surface area contributed by atoms with Crippen LogP contribution in [0, 0.1) is 5.92 Å². The summed E-state index contributed by atoms with van der Waals surface area (Å²) in [6.07, 6.45) is 6.30. The minimum absolute atomic E-state index is 0.0313. The van der Waals surface area contributed by atoms with Crippen LogP contribution in [0.2, 0.25) is 0 Å². The number of ketones is 1. The number of amides is 2. The van der Waals surface area contributed by atoms with Gasteiger partial charge in [-0.3, -0.25) is 9.59 Å². The van der Waals surface area contributed by atoms with Crippen molar-refractivity contribution in [2.24, 2.45) is 5.92 Å². The lowest BCUT2D eigenvalue weighted by atomic mass is 9.99. The predicted molar refractivity (Wildman–Crippen MR) is 125 cm³/mol. The van der Waals surface area contributed by atoms with Gasteiger partial charge in [-0.2, -0.15) is 0 Å². The van der Waals surface area contributed by atoms with Crippen LogP contribution >= 0.6 is 0 Å². The fraction of sp³-hybridized carbons (Fsp3) is 0.708. The van der Waals surface area contributed by atoms with Crippen LogP contribution in [0.25, 0.3) is 0 Å². The molecule has 0 aliphatic rings. The number of ether oxygens (including phenoxy) is 1. The van der Waals surface area contributed by atoms with Gasteiger partial charge in [0.2, 0.25) is 11.8 Å². The van der Waals surface area contributed by atoms with Crippen LogP contribution in [0.15, 0.2) is 23.6 Å². The molecular weight excluding hydrogens is 394 g/mol. The van der Waals surface area contributed by atoms with Crippen molar-refractivity contribution in [3.63, 3.8) is 0 Å². The summed E-state index contributed by atoms with van der Waals surface area (Å²) in [5, 5.41) is 9.15. The molecule has 0 aromatic rings. The highest BCUT2D eigenvalue weighted by molar-refractivity contribution is 5.79. The highest BCUT2D eigenvalue weighted by Crippen LogP contribution is 2.15. The van der Waals surface area contributed by atoms with Gasteiger partial charge in [0.1, 0.15) is 11.5 Å². The first-order chi connectivity index (χ1) is 14.5. The first-order valence-corrected chi connectivity index (χ1v) is 11.4. The molecule has 0 rings (SSSR count). The van der Waals surface area contributed by atoms with E-state index < -0.39 is 0 Å². The summed E-state index contributed by atoms with van der Waals surface area (Å²) < 4.78 is 5.92. The molecule has 0 aliphatic heterocycles. The highest BCUT2D eigenvalue weighted by Gasteiger charge is 2.22. The van der Waals surface area contributed by atoms with Gasteiger partial charge < -0.3 is 25.5 Å². The third-order valence-corrected chi connectivity index (χ3v) is 4.48. The van der Waals surface area contributed by atoms with Gasteiger partial charge in [-0.15, -0.1) is 0 Å². The zero-order valence-electron chi connectivity index (χ0n) is 20.6. The SMILES string of the molecule is CC/C=C(\OC(C)C)C(CCC(C)=O)NC(=O)CN/C(=C\CC)C(NC(C)=O)C(C)C. The van der Waals surface area contributed by atoms with Crippen molar-refractivity contribution in [1.29, 1.82) is 0 Å². The van der Waals surface area contributed by atoms with Gasteiger partial charge in [-0.25, -0.2) is 0 Å². The van der Waals surface area contributed by atoms with Gasteiger partial charge in [-0.05, 0) is 52.0 Å². The molecule has 0 aliphatic carbocycles. The van der Waals surface area contributed by atoms with E-state index in [9.17, 15) is 14.4 Å². The zero-order valence-corrected chi connectivity index (χ0v) is 20.6. The molecule has 3 N–H and O–H groups in total. The largest absolute Gasteiger partial charge is 0.494 e. The number of nitrogens with one attached hydrogen (secondary N) is 3. The summed E-state index contributed by atoms with van der Waals surface area (Å²) >= 11 is 0. The normalized spacial score (nSPS) is 14.3. The minimum Gasteiger partial charge on any atom is -0.494 e. The van der Waals surface area contributed by atoms with E-state index in [0.717, 1.165) is 18.5 Å². The topological polar surface area (TPSA) is 96.5 Å². The molecule has 0 aromatic carbocycles. The molecule has 178 valence electrons. The van der Waals surface area contributed by atoms with E-state index in [2.05, 4.69) is 16.0 Å². The Labute approximate surface area is 188 Å². The second-order valence-corrected chi connectivity index (χ2v) is 8.39. The number of carbonyl (C=O) groups is 3. The Morgan fingerprint density at radius 2 is 1.55 bits per heavy atom. The maximum Gasteiger partial charge on any atom is 0.239 e. The van der Waals surface area contributed by atoms with Gasteiger partial charge in [0.25, 0.3) is 0 Å². The number of hydrogen-bond acceptors (Lipinski definition) is 5. The molecule has 31 heavy (non-hydrogen) atoms. The molecule has 0 heterocycles. The van der Waals surface area contributed by atoms with E-state index in [-0.39, 0.29) is 48.2 Å². The van der Waals surface area contributed by atoms with Crippen molar-refractivity contribution in [2.45, 2.75) is 99.3 Å². The summed E-state index contributed by atoms with van der Waals surface area (Å²) in [6.45, 7) is 15.0. The van der Waals surface area contributed by atoms with Crippen molar-refractivity contribution in [3.8, 4) is 0 Å². The lowest BCUT2D eigenvalue weighted by molar-refractivity contribution is -0.122. The summed E-state index contributed by atoms with van der Waals surface area (Å²) in [5.74, 6) is 0.613. The third kappa shape index (κ3) is 12.9. The molecule has 0 radical (unpaired) electrons. The first kappa shape index (κ1) is 28.7. The monoisotopic (exact) mass is 437 g/mol. The van der Waals surface area contributed by atoms with Crippen molar-refractivity contribution < 1.29 is 19.1 Å². The number of Topliss-reactive ketones (excluding diaryl/α,β-unsaturated/α-hetero) is 1. The van der Waals surface area contributed by atoms with Crippen LogP contribution in [0.4, 0.5) is 0 Å². The maximum atomic E-state index is 12.8. The van der Waals surface area contributed by atoms with Crippen LogP contribution in [-0.2, 0) is 19.1 Å². The summed E-state index contributed by atoms with van der Waals surface area (Å²) in [4.78, 5) is 35.9. The molecule has 2 atom stereocenters. The molecule has 0 bridgehead atoms. The molecule has 7 heteroatoms. The molecule has 0 fully saturated rings. The van der Waals surface area contributed by atoms with E-state index in [1.807, 2.05) is 53.7 Å². The molecule has 2 unspecified atom stereocenters. The van der Waals surface area contributed by atoms with Gasteiger partial charge in [0.15, 0.2) is 0 Å². The second-order valence-electron chi connectivity index (χ2n) is 8.39. The van der Waals surface area contributed by atoms with E-state index in [1.165, 1.54) is 6.92 Å². The first-order valence-electron chi connectivity index (χ1n) is 11.4. The Hall–Kier alpha value is -2.31. The molecule has 0 spiro atoms. The van der Waals surface area contributed by atoms with Crippen molar-refractivity contribution >= 4 is 17.6 Å². The molecule has 2 amide bonds. The average molecular weight is 438 g/mol. The van der Waals surface area contributed by atoms with Crippen LogP contribution in [0.3, 0.4) is 0 Å². The van der Waals surface area contributed by atoms with E-state index >= 15 is 0 Å². The maximum absolute atomic E-state index is 12.8. The summed E-state index contributed by atoms with van der Waals surface area (Å²) in [6, 6.07) is -0.561. The number of rotatable bonds is 15. The summed E-state index contributed by atoms with van der Waals surface area (Å²) in [5.41, 5.74) is 0.825. The second kappa shape index (κ2) is 15.5. The minimum atomic E-state index is -0.365. The standard InChI is InChI=1S/C24H43N3O4/c1-9-11-21(24(16(3)4)26-19(8)29)25-15-23(30)27-20(14-13-18(7)28)22(12-10-2)31-17(5)6/h11-12,16-17,20,24-25H,9-10,13-15H2,1-8H3,(H,26,29)(H,27,30)/b21-11-,22-12-. The van der Waals surface area contributed by atoms with Gasteiger partial charge >= 0.3 is 0 Å². The molecule has 0 saturated carbocycles. The van der Waals surface area contributed by atoms with Gasteiger partial charge in [0.05, 0.1) is 24.7 Å².